The SMILES string of the molecule is O=C1C2=C(NC3COCCN23)C(=O)c2ncccc21. The minimum Gasteiger partial charge on any atom is -0.376 e. The summed E-state index contributed by atoms with van der Waals surface area (Å²) in [5.41, 5.74) is 1.46. The summed E-state index contributed by atoms with van der Waals surface area (Å²) in [6, 6.07) is 3.33. The van der Waals surface area contributed by atoms with Crippen molar-refractivity contribution in [2.45, 2.75) is 6.17 Å². The molecular formula is C13H11N3O3. The van der Waals surface area contributed by atoms with E-state index in [2.05, 4.69) is 10.3 Å². The Labute approximate surface area is 109 Å². The molecule has 6 heteroatoms. The third kappa shape index (κ3) is 1.31. The van der Waals surface area contributed by atoms with Crippen molar-refractivity contribution < 1.29 is 14.3 Å². The summed E-state index contributed by atoms with van der Waals surface area (Å²) in [4.78, 5) is 30.9. The molecule has 1 unspecified atom stereocenters. The number of pyridine rings is 1. The van der Waals surface area contributed by atoms with Crippen LogP contribution < -0.4 is 5.32 Å². The van der Waals surface area contributed by atoms with Gasteiger partial charge in [0.1, 0.15) is 23.3 Å². The normalized spacial score (nSPS) is 24.8. The van der Waals surface area contributed by atoms with E-state index in [9.17, 15) is 9.59 Å². The van der Waals surface area contributed by atoms with Gasteiger partial charge in [-0.25, -0.2) is 0 Å². The number of Topliss-reactive ketones (excluding diaryl/α,β-unsaturated/α-hetero) is 2. The van der Waals surface area contributed by atoms with Gasteiger partial charge in [-0.2, -0.15) is 0 Å². The molecular weight excluding hydrogens is 246 g/mol. The van der Waals surface area contributed by atoms with E-state index in [1.807, 2.05) is 4.90 Å². The largest absolute Gasteiger partial charge is 0.376 e. The van der Waals surface area contributed by atoms with Crippen LogP contribution in [0.25, 0.3) is 0 Å². The predicted octanol–water partition coefficient (Wildman–Crippen LogP) is -0.0663. The number of allylic oxidation sites excluding steroid dienone is 2. The second-order valence-corrected chi connectivity index (χ2v) is 4.71. The molecule has 4 rings (SSSR count). The first-order chi connectivity index (χ1) is 9.27. The van der Waals surface area contributed by atoms with Gasteiger partial charge in [0.05, 0.1) is 18.8 Å². The number of fused-ring (bicyclic) bond motifs is 3. The van der Waals surface area contributed by atoms with Crippen molar-refractivity contribution in [2.24, 2.45) is 0 Å². The Balaban J connectivity index is 1.86. The molecule has 0 aromatic carbocycles. The lowest BCUT2D eigenvalue weighted by Crippen LogP contribution is -2.47. The van der Waals surface area contributed by atoms with Gasteiger partial charge in [0.25, 0.3) is 0 Å². The smallest absolute Gasteiger partial charge is 0.230 e. The van der Waals surface area contributed by atoms with Gasteiger partial charge in [0.2, 0.25) is 11.6 Å². The Morgan fingerprint density at radius 1 is 1.37 bits per heavy atom. The van der Waals surface area contributed by atoms with E-state index in [1.165, 1.54) is 6.20 Å². The van der Waals surface area contributed by atoms with Gasteiger partial charge in [0.15, 0.2) is 0 Å². The number of rotatable bonds is 0. The quantitative estimate of drug-likeness (QED) is 0.701. The first-order valence-electron chi connectivity index (χ1n) is 6.17. The molecule has 1 saturated heterocycles. The molecule has 2 aliphatic heterocycles. The summed E-state index contributed by atoms with van der Waals surface area (Å²) in [6.45, 7) is 1.65. The molecule has 0 amide bonds. The van der Waals surface area contributed by atoms with E-state index in [1.54, 1.807) is 12.1 Å². The van der Waals surface area contributed by atoms with E-state index < -0.39 is 0 Å². The Bertz CT molecular complexity index is 638. The van der Waals surface area contributed by atoms with Gasteiger partial charge in [0, 0.05) is 12.7 Å². The number of hydrogen-bond donors (Lipinski definition) is 1. The van der Waals surface area contributed by atoms with Crippen molar-refractivity contribution in [1.82, 2.24) is 15.2 Å². The zero-order chi connectivity index (χ0) is 13.0. The van der Waals surface area contributed by atoms with Crippen molar-refractivity contribution in [3.63, 3.8) is 0 Å². The number of ketones is 2. The van der Waals surface area contributed by atoms with Crippen LogP contribution in [0.1, 0.15) is 20.8 Å². The molecule has 3 heterocycles. The van der Waals surface area contributed by atoms with Crippen molar-refractivity contribution >= 4 is 11.6 Å². The van der Waals surface area contributed by atoms with E-state index >= 15 is 0 Å². The summed E-state index contributed by atoms with van der Waals surface area (Å²) < 4.78 is 5.37. The van der Waals surface area contributed by atoms with Crippen LogP contribution >= 0.6 is 0 Å². The highest BCUT2D eigenvalue weighted by molar-refractivity contribution is 6.26. The summed E-state index contributed by atoms with van der Waals surface area (Å²) in [5.74, 6) is -0.339. The molecule has 3 aliphatic rings. The van der Waals surface area contributed by atoms with Gasteiger partial charge >= 0.3 is 0 Å². The lowest BCUT2D eigenvalue weighted by molar-refractivity contribution is 0.0112. The van der Waals surface area contributed by atoms with E-state index in [-0.39, 0.29) is 23.4 Å². The van der Waals surface area contributed by atoms with Crippen molar-refractivity contribution in [1.29, 1.82) is 0 Å². The number of carbonyl (C=O) groups excluding carboxylic acids is 2. The van der Waals surface area contributed by atoms with Crippen LogP contribution in [0.5, 0.6) is 0 Å². The van der Waals surface area contributed by atoms with Crippen molar-refractivity contribution in [3.8, 4) is 0 Å². The lowest BCUT2D eigenvalue weighted by atomic mass is 9.95. The molecule has 6 nitrogen and oxygen atoms in total. The predicted molar refractivity (Wildman–Crippen MR) is 64.4 cm³/mol. The van der Waals surface area contributed by atoms with Gasteiger partial charge in [-0.05, 0) is 12.1 Å². The molecule has 96 valence electrons. The molecule has 1 atom stereocenters. The van der Waals surface area contributed by atoms with E-state index in [0.717, 1.165) is 0 Å². The minimum atomic E-state index is -0.209. The minimum absolute atomic E-state index is 0.124. The van der Waals surface area contributed by atoms with Gasteiger partial charge in [-0.15, -0.1) is 0 Å². The first-order valence-corrected chi connectivity index (χ1v) is 6.17. The summed E-state index contributed by atoms with van der Waals surface area (Å²) >= 11 is 0. The highest BCUT2D eigenvalue weighted by atomic mass is 16.5. The average Bonchev–Trinajstić information content (AvgIpc) is 2.84. The third-order valence-electron chi connectivity index (χ3n) is 3.67. The number of nitrogens with one attached hydrogen (secondary N) is 1. The standard InChI is InChI=1S/C13H11N3O3/c17-12-7-2-1-3-14-9(7)13(18)10-11(12)16-4-5-19-6-8(16)15-10/h1-3,8,15H,4-6H2. The first kappa shape index (κ1) is 10.7. The van der Waals surface area contributed by atoms with E-state index in [0.29, 0.717) is 36.7 Å². The molecule has 1 fully saturated rings. The molecule has 0 radical (unpaired) electrons. The fourth-order valence-electron chi connectivity index (χ4n) is 2.80. The van der Waals surface area contributed by atoms with Crippen molar-refractivity contribution in [3.05, 3.63) is 41.0 Å². The van der Waals surface area contributed by atoms with Gasteiger partial charge in [-0.1, -0.05) is 0 Å². The highest BCUT2D eigenvalue weighted by Crippen LogP contribution is 2.32. The maximum Gasteiger partial charge on any atom is 0.230 e. The van der Waals surface area contributed by atoms with Crippen LogP contribution in [0, 0.1) is 0 Å². The van der Waals surface area contributed by atoms with E-state index in [4.69, 9.17) is 4.74 Å². The van der Waals surface area contributed by atoms with Crippen LogP contribution in [0.3, 0.4) is 0 Å². The third-order valence-corrected chi connectivity index (χ3v) is 3.67. The fourth-order valence-corrected chi connectivity index (χ4v) is 2.80. The monoisotopic (exact) mass is 257 g/mol. The Morgan fingerprint density at radius 2 is 2.26 bits per heavy atom. The maximum atomic E-state index is 12.5. The van der Waals surface area contributed by atoms with Crippen LogP contribution in [0.4, 0.5) is 0 Å². The van der Waals surface area contributed by atoms with Crippen LogP contribution in [-0.4, -0.2) is 47.4 Å². The number of aromatic nitrogens is 1. The molecule has 1 aromatic heterocycles. The molecule has 0 bridgehead atoms. The second kappa shape index (κ2) is 3.64. The second-order valence-electron chi connectivity index (χ2n) is 4.71. The fraction of sp³-hybridized carbons (Fsp3) is 0.308. The highest BCUT2D eigenvalue weighted by Gasteiger charge is 2.44. The summed E-state index contributed by atoms with van der Waals surface area (Å²) in [7, 11) is 0. The number of morpholine rings is 1. The molecule has 1 aromatic rings. The average molecular weight is 257 g/mol. The number of hydrogen-bond acceptors (Lipinski definition) is 6. The molecule has 0 saturated carbocycles. The van der Waals surface area contributed by atoms with Crippen LogP contribution in [-0.2, 0) is 4.74 Å². The summed E-state index contributed by atoms with van der Waals surface area (Å²) in [5, 5.41) is 3.09. The van der Waals surface area contributed by atoms with Crippen molar-refractivity contribution in [2.75, 3.05) is 19.8 Å². The van der Waals surface area contributed by atoms with Crippen LogP contribution in [0.15, 0.2) is 29.7 Å². The van der Waals surface area contributed by atoms with Crippen LogP contribution in [0.2, 0.25) is 0 Å². The summed E-state index contributed by atoms with van der Waals surface area (Å²) in [6.07, 6.45) is 1.40. The molecule has 0 spiro atoms. The Hall–Kier alpha value is -2.21. The number of ether oxygens (including phenoxy) is 1. The zero-order valence-corrected chi connectivity index (χ0v) is 10.0. The van der Waals surface area contributed by atoms with Gasteiger partial charge < -0.3 is 15.0 Å². The lowest BCUT2D eigenvalue weighted by Gasteiger charge is -2.32. The Morgan fingerprint density at radius 3 is 3.16 bits per heavy atom. The number of carbonyl (C=O) groups is 2. The van der Waals surface area contributed by atoms with Gasteiger partial charge in [-0.3, -0.25) is 14.6 Å². The number of nitrogens with zero attached hydrogens (tertiary/aromatic N) is 2. The molecule has 19 heavy (non-hydrogen) atoms. The maximum absolute atomic E-state index is 12.5. The topological polar surface area (TPSA) is 71.5 Å². The zero-order valence-electron chi connectivity index (χ0n) is 10.0. The Kier molecular flexibility index (Phi) is 2.05. The molecule has 1 N–H and O–H groups in total. The molecule has 1 aliphatic carbocycles.